The third-order valence-corrected chi connectivity index (χ3v) is 6.00. The van der Waals surface area contributed by atoms with Crippen molar-refractivity contribution in [2.45, 2.75) is 4.34 Å². The zero-order chi connectivity index (χ0) is 20.8. The van der Waals surface area contributed by atoms with Gasteiger partial charge in [0.05, 0.1) is 34.4 Å². The number of para-hydroxylation sites is 1. The van der Waals surface area contributed by atoms with Gasteiger partial charge in [-0.05, 0) is 47.7 Å². The molecule has 0 saturated heterocycles. The van der Waals surface area contributed by atoms with Crippen molar-refractivity contribution in [2.24, 2.45) is 0 Å². The normalized spacial score (nSPS) is 11.2. The fraction of sp³-hybridized carbons (Fsp3) is 0.150. The van der Waals surface area contributed by atoms with E-state index in [0.717, 1.165) is 14.6 Å². The molecule has 0 radical (unpaired) electrons. The van der Waals surface area contributed by atoms with E-state index >= 15 is 0 Å². The maximum absolute atomic E-state index is 11.3. The molecule has 1 aromatic heterocycles. The first-order valence-electron chi connectivity index (χ1n) is 8.26. The van der Waals surface area contributed by atoms with Crippen molar-refractivity contribution in [3.63, 3.8) is 0 Å². The minimum Gasteiger partial charge on any atom is -0.493 e. The summed E-state index contributed by atoms with van der Waals surface area (Å²) in [5, 5.41) is 9.80. The molecule has 9 heteroatoms. The van der Waals surface area contributed by atoms with Gasteiger partial charge in [-0.2, -0.15) is 5.26 Å². The van der Waals surface area contributed by atoms with Gasteiger partial charge in [0.2, 0.25) is 0 Å². The van der Waals surface area contributed by atoms with Crippen molar-refractivity contribution in [1.29, 1.82) is 5.26 Å². The highest BCUT2D eigenvalue weighted by Crippen LogP contribution is 2.39. The summed E-state index contributed by atoms with van der Waals surface area (Å²) in [7, 11) is 2.73. The highest BCUT2D eigenvalue weighted by Gasteiger charge is 2.14. The zero-order valence-corrected chi connectivity index (χ0v) is 17.9. The van der Waals surface area contributed by atoms with Gasteiger partial charge in [-0.3, -0.25) is 0 Å². The third-order valence-electron chi connectivity index (χ3n) is 3.69. The number of fused-ring (bicyclic) bond motifs is 1. The van der Waals surface area contributed by atoms with Crippen LogP contribution < -0.4 is 9.47 Å². The van der Waals surface area contributed by atoms with Crippen LogP contribution in [-0.4, -0.2) is 31.8 Å². The van der Waals surface area contributed by atoms with Crippen LogP contribution in [0.1, 0.15) is 5.56 Å². The van der Waals surface area contributed by atoms with Gasteiger partial charge in [-0.25, -0.2) is 9.78 Å². The van der Waals surface area contributed by atoms with Gasteiger partial charge in [0.15, 0.2) is 22.4 Å². The molecule has 0 aliphatic heterocycles. The zero-order valence-electron chi connectivity index (χ0n) is 15.5. The molecule has 0 atom stereocenters. The lowest BCUT2D eigenvalue weighted by Gasteiger charge is -2.12. The fourth-order valence-electron chi connectivity index (χ4n) is 2.38. The Labute approximate surface area is 180 Å². The van der Waals surface area contributed by atoms with Crippen LogP contribution in [0.5, 0.6) is 11.5 Å². The van der Waals surface area contributed by atoms with Gasteiger partial charge in [0, 0.05) is 0 Å². The molecule has 0 amide bonds. The molecule has 29 heavy (non-hydrogen) atoms. The molecule has 0 unspecified atom stereocenters. The number of thiazole rings is 1. The molecule has 3 aromatic rings. The summed E-state index contributed by atoms with van der Waals surface area (Å²) < 4.78 is 17.1. The standard InChI is InChI=1S/C20H15ClN2O4S2/c1-25-16-9-12(8-14(21)19(16)27-11-18(24)26-2)7-13(10-22)28-20-23-15-5-3-4-6-17(15)29-20/h3-9H,11H2,1-2H3/b13-7+. The Balaban J connectivity index is 1.85. The first kappa shape index (κ1) is 21.0. The highest BCUT2D eigenvalue weighted by atomic mass is 35.5. The molecule has 0 N–H and O–H groups in total. The van der Waals surface area contributed by atoms with E-state index in [-0.39, 0.29) is 17.4 Å². The van der Waals surface area contributed by atoms with E-state index < -0.39 is 5.97 Å². The number of ether oxygens (including phenoxy) is 3. The van der Waals surface area contributed by atoms with Crippen LogP contribution in [-0.2, 0) is 9.53 Å². The van der Waals surface area contributed by atoms with Crippen molar-refractivity contribution in [2.75, 3.05) is 20.8 Å². The second kappa shape index (κ2) is 9.65. The summed E-state index contributed by atoms with van der Waals surface area (Å²) in [6.07, 6.45) is 1.69. The molecule has 3 rings (SSSR count). The summed E-state index contributed by atoms with van der Waals surface area (Å²) >= 11 is 9.10. The smallest absolute Gasteiger partial charge is 0.343 e. The molecule has 0 spiro atoms. The monoisotopic (exact) mass is 446 g/mol. The van der Waals surface area contributed by atoms with Crippen molar-refractivity contribution >= 4 is 57.0 Å². The van der Waals surface area contributed by atoms with Crippen molar-refractivity contribution < 1.29 is 19.0 Å². The average molecular weight is 447 g/mol. The number of hydrogen-bond acceptors (Lipinski definition) is 8. The number of benzene rings is 2. The van der Waals surface area contributed by atoms with Gasteiger partial charge < -0.3 is 14.2 Å². The van der Waals surface area contributed by atoms with Crippen LogP contribution >= 0.6 is 34.7 Å². The maximum atomic E-state index is 11.3. The number of nitriles is 1. The van der Waals surface area contributed by atoms with Crippen molar-refractivity contribution in [1.82, 2.24) is 4.98 Å². The molecule has 148 valence electrons. The number of carbonyl (C=O) groups is 1. The number of nitrogens with zero attached hydrogens (tertiary/aromatic N) is 2. The number of aromatic nitrogens is 1. The topological polar surface area (TPSA) is 81.4 Å². The van der Waals surface area contributed by atoms with Gasteiger partial charge in [-0.15, -0.1) is 11.3 Å². The maximum Gasteiger partial charge on any atom is 0.343 e. The van der Waals surface area contributed by atoms with E-state index in [4.69, 9.17) is 21.1 Å². The Morgan fingerprint density at radius 3 is 2.83 bits per heavy atom. The Kier molecular flexibility index (Phi) is 6.99. The van der Waals surface area contributed by atoms with E-state index in [2.05, 4.69) is 15.8 Å². The van der Waals surface area contributed by atoms with Gasteiger partial charge in [-0.1, -0.05) is 23.7 Å². The molecular weight excluding hydrogens is 432 g/mol. The summed E-state index contributed by atoms with van der Waals surface area (Å²) in [6, 6.07) is 13.3. The summed E-state index contributed by atoms with van der Waals surface area (Å²) in [5.41, 5.74) is 1.55. The first-order valence-corrected chi connectivity index (χ1v) is 10.3. The first-order chi connectivity index (χ1) is 14.0. The molecule has 0 saturated carbocycles. The van der Waals surface area contributed by atoms with Crippen molar-refractivity contribution in [3.8, 4) is 17.6 Å². The van der Waals surface area contributed by atoms with Crippen LogP contribution in [0.15, 0.2) is 45.6 Å². The summed E-state index contributed by atoms with van der Waals surface area (Å²) in [6.45, 7) is -0.293. The van der Waals surface area contributed by atoms with E-state index in [1.54, 1.807) is 18.2 Å². The lowest BCUT2D eigenvalue weighted by atomic mass is 10.2. The van der Waals surface area contributed by atoms with Gasteiger partial charge in [0.1, 0.15) is 6.07 Å². The number of carbonyl (C=O) groups excluding carboxylic acids is 1. The Morgan fingerprint density at radius 2 is 2.14 bits per heavy atom. The fourth-order valence-corrected chi connectivity index (χ4v) is 4.63. The lowest BCUT2D eigenvalue weighted by molar-refractivity contribution is -0.142. The largest absolute Gasteiger partial charge is 0.493 e. The van der Waals surface area contributed by atoms with E-state index in [9.17, 15) is 10.1 Å². The van der Waals surface area contributed by atoms with Crippen LogP contribution in [0.2, 0.25) is 5.02 Å². The number of halogens is 1. The predicted molar refractivity (Wildman–Crippen MR) is 115 cm³/mol. The number of hydrogen-bond donors (Lipinski definition) is 0. The number of thioether (sulfide) groups is 1. The van der Waals surface area contributed by atoms with Crippen LogP contribution in [0.3, 0.4) is 0 Å². The number of allylic oxidation sites excluding steroid dienone is 1. The Morgan fingerprint density at radius 1 is 1.34 bits per heavy atom. The minimum absolute atomic E-state index is 0.231. The van der Waals surface area contributed by atoms with Crippen LogP contribution in [0.25, 0.3) is 16.3 Å². The molecular formula is C20H15ClN2O4S2. The molecule has 0 fully saturated rings. The Bertz CT molecular complexity index is 1090. The van der Waals surface area contributed by atoms with E-state index in [0.29, 0.717) is 16.2 Å². The predicted octanol–water partition coefficient (Wildman–Crippen LogP) is 5.17. The molecule has 6 nitrogen and oxygen atoms in total. The second-order valence-electron chi connectivity index (χ2n) is 5.57. The third kappa shape index (κ3) is 5.21. The molecule has 1 heterocycles. The highest BCUT2D eigenvalue weighted by molar-refractivity contribution is 8.05. The number of methoxy groups -OCH3 is 2. The molecule has 2 aromatic carbocycles. The van der Waals surface area contributed by atoms with E-state index in [1.807, 2.05) is 24.3 Å². The number of rotatable bonds is 7. The summed E-state index contributed by atoms with van der Waals surface area (Å²) in [5.74, 6) is 0.0371. The SMILES string of the molecule is COC(=O)COc1c(Cl)cc(/C=C(\C#N)Sc2nc3ccccc3s2)cc1OC. The Hall–Kier alpha value is -2.73. The average Bonchev–Trinajstić information content (AvgIpc) is 3.14. The van der Waals surface area contributed by atoms with Crippen LogP contribution in [0, 0.1) is 11.3 Å². The van der Waals surface area contributed by atoms with Gasteiger partial charge in [0.25, 0.3) is 0 Å². The lowest BCUT2D eigenvalue weighted by Crippen LogP contribution is -2.13. The van der Waals surface area contributed by atoms with Crippen LogP contribution in [0.4, 0.5) is 0 Å². The molecule has 0 aliphatic carbocycles. The molecule has 0 aliphatic rings. The minimum atomic E-state index is -0.536. The van der Waals surface area contributed by atoms with Crippen molar-refractivity contribution in [3.05, 3.63) is 51.9 Å². The number of esters is 1. The second-order valence-corrected chi connectivity index (χ2v) is 8.30. The summed E-state index contributed by atoms with van der Waals surface area (Å²) in [4.78, 5) is 16.3. The quantitative estimate of drug-likeness (QED) is 0.281. The van der Waals surface area contributed by atoms with E-state index in [1.165, 1.54) is 37.3 Å². The van der Waals surface area contributed by atoms with Gasteiger partial charge >= 0.3 is 5.97 Å². The molecule has 0 bridgehead atoms.